The van der Waals surface area contributed by atoms with Crippen LogP contribution in [0.4, 0.5) is 33.3 Å². The van der Waals surface area contributed by atoms with E-state index >= 15 is 0 Å². The number of halogens is 6. The average Bonchev–Trinajstić information content (AvgIpc) is 2.89. The average molecular weight is 591 g/mol. The second-order valence-corrected chi connectivity index (χ2v) is 10.4. The van der Waals surface area contributed by atoms with Crippen molar-refractivity contribution < 1.29 is 36.6 Å². The van der Waals surface area contributed by atoms with Gasteiger partial charge in [-0.1, -0.05) is 24.6 Å². The Hall–Kier alpha value is -2.96. The Morgan fingerprint density at radius 2 is 1.73 bits per heavy atom. The van der Waals surface area contributed by atoms with Crippen molar-refractivity contribution in [3.63, 3.8) is 0 Å². The van der Waals surface area contributed by atoms with E-state index in [1.54, 1.807) is 24.8 Å². The lowest BCUT2D eigenvalue weighted by Gasteiger charge is -2.37. The molecule has 1 saturated heterocycles. The molecular formula is C27H32ClF5N4O3. The summed E-state index contributed by atoms with van der Waals surface area (Å²) in [7, 11) is 0. The summed E-state index contributed by atoms with van der Waals surface area (Å²) in [6.45, 7) is 4.64. The Labute approximate surface area is 234 Å². The minimum atomic E-state index is -4.23. The largest absolute Gasteiger partial charge is 0.481 e. The monoisotopic (exact) mass is 590 g/mol. The number of nitrogens with one attached hydrogen (secondary N) is 2. The molecule has 220 valence electrons. The van der Waals surface area contributed by atoms with E-state index < -0.39 is 47.6 Å². The number of carboxylic acids is 1. The molecule has 1 aliphatic rings. The van der Waals surface area contributed by atoms with Gasteiger partial charge in [0.05, 0.1) is 29.3 Å². The number of hydrogen-bond donors (Lipinski definition) is 3. The number of carbonyl (C=O) groups is 2. The Kier molecular flexibility index (Phi) is 10.7. The molecule has 7 nitrogen and oxygen atoms in total. The van der Waals surface area contributed by atoms with Crippen molar-refractivity contribution >= 4 is 34.9 Å². The molecule has 1 aliphatic heterocycles. The molecule has 3 rings (SSSR count). The first-order valence-electron chi connectivity index (χ1n) is 12.8. The van der Waals surface area contributed by atoms with E-state index in [4.69, 9.17) is 16.7 Å². The number of hydrogen-bond acceptors (Lipinski definition) is 5. The maximum absolute atomic E-state index is 14.9. The van der Waals surface area contributed by atoms with Gasteiger partial charge in [0.1, 0.15) is 0 Å². The van der Waals surface area contributed by atoms with Crippen LogP contribution in [-0.2, 0) is 11.3 Å². The molecule has 2 aromatic rings. The lowest BCUT2D eigenvalue weighted by atomic mass is 10.0. The van der Waals surface area contributed by atoms with Gasteiger partial charge in [0.2, 0.25) is 0 Å². The predicted molar refractivity (Wildman–Crippen MR) is 143 cm³/mol. The van der Waals surface area contributed by atoms with Gasteiger partial charge >= 0.3 is 12.1 Å². The smallest absolute Gasteiger partial charge is 0.390 e. The summed E-state index contributed by atoms with van der Waals surface area (Å²) >= 11 is 6.16. The van der Waals surface area contributed by atoms with Gasteiger partial charge in [0.15, 0.2) is 11.6 Å². The summed E-state index contributed by atoms with van der Waals surface area (Å²) in [5.74, 6) is -4.95. The number of piperazine rings is 1. The fourth-order valence-corrected chi connectivity index (χ4v) is 4.63. The van der Waals surface area contributed by atoms with Crippen LogP contribution in [0.1, 0.15) is 42.6 Å². The Bertz CT molecular complexity index is 1210. The first-order valence-corrected chi connectivity index (χ1v) is 13.2. The number of carbonyl (C=O) groups excluding carboxylic acids is 1. The van der Waals surface area contributed by atoms with Crippen LogP contribution >= 0.6 is 11.6 Å². The first-order chi connectivity index (χ1) is 18.7. The van der Waals surface area contributed by atoms with E-state index in [0.717, 1.165) is 0 Å². The fraction of sp³-hybridized carbons (Fsp3) is 0.481. The molecule has 0 aliphatic carbocycles. The van der Waals surface area contributed by atoms with Crippen molar-refractivity contribution in [1.29, 1.82) is 0 Å². The molecule has 2 unspecified atom stereocenters. The van der Waals surface area contributed by atoms with Gasteiger partial charge in [-0.25, -0.2) is 8.78 Å². The second kappa shape index (κ2) is 13.6. The first kappa shape index (κ1) is 31.6. The molecule has 0 aromatic heterocycles. The van der Waals surface area contributed by atoms with Crippen molar-refractivity contribution in [3.8, 4) is 0 Å². The number of rotatable bonds is 11. The van der Waals surface area contributed by atoms with Crippen LogP contribution in [0.5, 0.6) is 0 Å². The van der Waals surface area contributed by atoms with Crippen molar-refractivity contribution in [2.24, 2.45) is 5.92 Å². The van der Waals surface area contributed by atoms with Crippen LogP contribution < -0.4 is 15.5 Å². The SMILES string of the molecule is CC(CC(C)C(=O)O)NCc1ccc(C(=O)Nc2ccc(Cl)cc2N2CCN(CCC(F)(F)F)CC2)c(F)c1F. The summed E-state index contributed by atoms with van der Waals surface area (Å²) in [6.07, 6.45) is -4.83. The summed E-state index contributed by atoms with van der Waals surface area (Å²) in [5, 5.41) is 15.0. The molecule has 0 saturated carbocycles. The molecule has 0 spiro atoms. The van der Waals surface area contributed by atoms with Crippen molar-refractivity contribution in [3.05, 3.63) is 58.1 Å². The standard InChI is InChI=1S/C27H32ClF5N4O3/c1-16(26(39)40)13-17(2)34-15-18-3-5-20(24(30)23(18)29)25(38)35-21-6-4-19(28)14-22(21)37-11-9-36(10-12-37)8-7-27(31,32)33/h3-6,14,16-17,34H,7-13,15H2,1-2H3,(H,35,38)(H,39,40). The third-order valence-corrected chi connectivity index (χ3v) is 7.04. The van der Waals surface area contributed by atoms with Gasteiger partial charge in [-0.3, -0.25) is 14.5 Å². The lowest BCUT2D eigenvalue weighted by molar-refractivity contribution is -0.141. The molecular weight excluding hydrogens is 559 g/mol. The van der Waals surface area contributed by atoms with Crippen LogP contribution in [0.2, 0.25) is 5.02 Å². The highest BCUT2D eigenvalue weighted by atomic mass is 35.5. The highest BCUT2D eigenvalue weighted by Gasteiger charge is 2.29. The van der Waals surface area contributed by atoms with Crippen molar-refractivity contribution in [1.82, 2.24) is 10.2 Å². The molecule has 0 radical (unpaired) electrons. The number of aliphatic carboxylic acids is 1. The Morgan fingerprint density at radius 1 is 1.05 bits per heavy atom. The van der Waals surface area contributed by atoms with E-state index in [9.17, 15) is 31.5 Å². The lowest BCUT2D eigenvalue weighted by Crippen LogP contribution is -2.47. The summed E-state index contributed by atoms with van der Waals surface area (Å²) in [6, 6.07) is 6.84. The van der Waals surface area contributed by atoms with Crippen LogP contribution in [0.25, 0.3) is 0 Å². The van der Waals surface area contributed by atoms with Crippen molar-refractivity contribution in [2.45, 2.75) is 45.5 Å². The molecule has 1 amide bonds. The third kappa shape index (κ3) is 8.77. The number of carboxylic acid groups (broad SMARTS) is 1. The number of benzene rings is 2. The molecule has 13 heteroatoms. The van der Waals surface area contributed by atoms with Gasteiger partial charge in [-0.2, -0.15) is 13.2 Å². The minimum absolute atomic E-state index is 0.0144. The van der Waals surface area contributed by atoms with Crippen molar-refractivity contribution in [2.75, 3.05) is 42.9 Å². The topological polar surface area (TPSA) is 84.9 Å². The molecule has 40 heavy (non-hydrogen) atoms. The van der Waals surface area contributed by atoms with Gasteiger partial charge < -0.3 is 20.6 Å². The summed E-state index contributed by atoms with van der Waals surface area (Å²) in [5.41, 5.74) is 0.291. The zero-order chi connectivity index (χ0) is 29.6. The van der Waals surface area contributed by atoms with E-state index in [1.807, 2.05) is 4.90 Å². The van der Waals surface area contributed by atoms with Gasteiger partial charge in [-0.15, -0.1) is 0 Å². The van der Waals surface area contributed by atoms with Gasteiger partial charge in [0, 0.05) is 55.9 Å². The minimum Gasteiger partial charge on any atom is -0.481 e. The normalized spacial score (nSPS) is 16.1. The number of nitrogens with zero attached hydrogens (tertiary/aromatic N) is 2. The zero-order valence-electron chi connectivity index (χ0n) is 22.1. The van der Waals surface area contributed by atoms with Gasteiger partial charge in [0.25, 0.3) is 5.91 Å². The molecule has 2 aromatic carbocycles. The van der Waals surface area contributed by atoms with Crippen LogP contribution in [0.15, 0.2) is 30.3 Å². The Morgan fingerprint density at radius 3 is 2.35 bits per heavy atom. The van der Waals surface area contributed by atoms with E-state index in [-0.39, 0.29) is 24.7 Å². The maximum atomic E-state index is 14.9. The quantitative estimate of drug-likeness (QED) is 0.298. The predicted octanol–water partition coefficient (Wildman–Crippen LogP) is 5.53. The molecule has 1 fully saturated rings. The molecule has 2 atom stereocenters. The summed E-state index contributed by atoms with van der Waals surface area (Å²) < 4.78 is 67.4. The van der Waals surface area contributed by atoms with E-state index in [0.29, 0.717) is 49.0 Å². The highest BCUT2D eigenvalue weighted by Crippen LogP contribution is 2.31. The third-order valence-electron chi connectivity index (χ3n) is 6.81. The van der Waals surface area contributed by atoms with E-state index in [2.05, 4.69) is 10.6 Å². The fourth-order valence-electron chi connectivity index (χ4n) is 4.46. The number of alkyl halides is 3. The van der Waals surface area contributed by atoms with E-state index in [1.165, 1.54) is 24.3 Å². The number of amides is 1. The van der Waals surface area contributed by atoms with Crippen LogP contribution in [-0.4, -0.2) is 66.8 Å². The Balaban J connectivity index is 1.67. The molecule has 0 bridgehead atoms. The second-order valence-electron chi connectivity index (χ2n) is 9.97. The van der Waals surface area contributed by atoms with Gasteiger partial charge in [-0.05, 0) is 37.6 Å². The molecule has 1 heterocycles. The summed E-state index contributed by atoms with van der Waals surface area (Å²) in [4.78, 5) is 27.5. The molecule has 3 N–H and O–H groups in total. The van der Waals surface area contributed by atoms with Crippen LogP contribution in [0.3, 0.4) is 0 Å². The maximum Gasteiger partial charge on any atom is 0.390 e. The highest BCUT2D eigenvalue weighted by molar-refractivity contribution is 6.31. The zero-order valence-corrected chi connectivity index (χ0v) is 22.9. The number of anilines is 2. The van der Waals surface area contributed by atoms with Crippen LogP contribution in [0, 0.1) is 17.6 Å².